The molecule has 2 aromatic rings. The molecule has 5 nitrogen and oxygen atoms in total. The summed E-state index contributed by atoms with van der Waals surface area (Å²) in [6.45, 7) is 7.51. The highest BCUT2D eigenvalue weighted by Gasteiger charge is 2.23. The van der Waals surface area contributed by atoms with Crippen molar-refractivity contribution in [2.24, 2.45) is 5.92 Å². The molecule has 1 fully saturated rings. The molecular formula is C20H29ClN4O. The van der Waals surface area contributed by atoms with Gasteiger partial charge in [0.15, 0.2) is 0 Å². The van der Waals surface area contributed by atoms with Crippen LogP contribution in [0.4, 0.5) is 0 Å². The molecule has 0 spiro atoms. The fraction of sp³-hybridized carbons (Fsp3) is 0.500. The Hall–Kier alpha value is -1.85. The number of hydrogen-bond acceptors (Lipinski definition) is 3. The van der Waals surface area contributed by atoms with E-state index in [4.69, 9.17) is 0 Å². The van der Waals surface area contributed by atoms with Crippen LogP contribution in [0.3, 0.4) is 0 Å². The van der Waals surface area contributed by atoms with Crippen molar-refractivity contribution in [2.45, 2.75) is 33.2 Å². The summed E-state index contributed by atoms with van der Waals surface area (Å²) in [6, 6.07) is 10.0. The topological polar surface area (TPSA) is 50.2 Å². The number of halogens is 1. The maximum atomic E-state index is 12.8. The number of benzene rings is 1. The van der Waals surface area contributed by atoms with E-state index in [1.165, 1.54) is 0 Å². The minimum absolute atomic E-state index is 0. The summed E-state index contributed by atoms with van der Waals surface area (Å²) in [5, 5.41) is 7.75. The van der Waals surface area contributed by atoms with Crippen LogP contribution in [0.5, 0.6) is 0 Å². The van der Waals surface area contributed by atoms with Gasteiger partial charge in [-0.3, -0.25) is 9.48 Å². The van der Waals surface area contributed by atoms with Crippen molar-refractivity contribution < 1.29 is 4.79 Å². The van der Waals surface area contributed by atoms with Gasteiger partial charge in [-0.2, -0.15) is 5.10 Å². The molecule has 0 saturated carbocycles. The average Bonchev–Trinajstić information content (AvgIpc) is 2.93. The monoisotopic (exact) mass is 376 g/mol. The Kier molecular flexibility index (Phi) is 7.23. The Bertz CT molecular complexity index is 735. The first kappa shape index (κ1) is 20.5. The minimum Gasteiger partial charge on any atom is -0.339 e. The lowest BCUT2D eigenvalue weighted by atomic mass is 9.96. The number of nitrogens with zero attached hydrogens (tertiary/aromatic N) is 3. The molecule has 142 valence electrons. The van der Waals surface area contributed by atoms with Gasteiger partial charge in [-0.25, -0.2) is 0 Å². The van der Waals surface area contributed by atoms with E-state index in [2.05, 4.69) is 29.5 Å². The SMILES string of the molecule is CNCC1CCN(C(=O)c2cccc(Cn3nc(C)cc3C)c2)CC1.Cl. The maximum absolute atomic E-state index is 12.8. The number of rotatable bonds is 5. The summed E-state index contributed by atoms with van der Waals surface area (Å²) in [4.78, 5) is 14.8. The van der Waals surface area contributed by atoms with Crippen LogP contribution in [0.2, 0.25) is 0 Å². The van der Waals surface area contributed by atoms with E-state index in [1.54, 1.807) is 0 Å². The normalized spacial score (nSPS) is 15.0. The van der Waals surface area contributed by atoms with E-state index < -0.39 is 0 Å². The molecule has 0 aliphatic carbocycles. The van der Waals surface area contributed by atoms with Crippen LogP contribution in [0, 0.1) is 19.8 Å². The molecule has 1 saturated heterocycles. The van der Waals surface area contributed by atoms with Crippen molar-refractivity contribution in [3.63, 3.8) is 0 Å². The summed E-state index contributed by atoms with van der Waals surface area (Å²) in [6.07, 6.45) is 2.16. The minimum atomic E-state index is 0. The zero-order valence-corrected chi connectivity index (χ0v) is 16.7. The average molecular weight is 377 g/mol. The molecule has 0 bridgehead atoms. The second kappa shape index (κ2) is 9.19. The van der Waals surface area contributed by atoms with Crippen molar-refractivity contribution in [1.82, 2.24) is 20.0 Å². The van der Waals surface area contributed by atoms with Gasteiger partial charge in [0.1, 0.15) is 0 Å². The van der Waals surface area contributed by atoms with Gasteiger partial charge in [-0.05, 0) is 70.0 Å². The third-order valence-electron chi connectivity index (χ3n) is 5.00. The molecular weight excluding hydrogens is 348 g/mol. The van der Waals surface area contributed by atoms with Crippen molar-refractivity contribution in [3.05, 3.63) is 52.8 Å². The molecule has 1 aliphatic rings. The summed E-state index contributed by atoms with van der Waals surface area (Å²) in [7, 11) is 1.99. The zero-order chi connectivity index (χ0) is 17.8. The van der Waals surface area contributed by atoms with E-state index in [0.29, 0.717) is 12.5 Å². The number of carbonyl (C=O) groups is 1. The Morgan fingerprint density at radius 1 is 1.23 bits per heavy atom. The molecule has 1 N–H and O–H groups in total. The van der Waals surface area contributed by atoms with Crippen LogP contribution in [0.15, 0.2) is 30.3 Å². The van der Waals surface area contributed by atoms with Crippen LogP contribution in [0.1, 0.15) is 40.2 Å². The van der Waals surface area contributed by atoms with Gasteiger partial charge >= 0.3 is 0 Å². The number of aryl methyl sites for hydroxylation is 2. The molecule has 0 atom stereocenters. The fourth-order valence-electron chi connectivity index (χ4n) is 3.62. The quantitative estimate of drug-likeness (QED) is 0.872. The first-order valence-electron chi connectivity index (χ1n) is 9.10. The Balaban J connectivity index is 0.00000243. The molecule has 3 rings (SSSR count). The van der Waals surface area contributed by atoms with E-state index in [1.807, 2.05) is 41.8 Å². The lowest BCUT2D eigenvalue weighted by molar-refractivity contribution is 0.0691. The maximum Gasteiger partial charge on any atom is 0.253 e. The number of amides is 1. The van der Waals surface area contributed by atoms with Gasteiger partial charge < -0.3 is 10.2 Å². The largest absolute Gasteiger partial charge is 0.339 e. The van der Waals surface area contributed by atoms with Crippen LogP contribution < -0.4 is 5.32 Å². The number of nitrogens with one attached hydrogen (secondary N) is 1. The molecule has 0 unspecified atom stereocenters. The lowest BCUT2D eigenvalue weighted by Gasteiger charge is -2.32. The van der Waals surface area contributed by atoms with Crippen LogP contribution in [0.25, 0.3) is 0 Å². The second-order valence-corrected chi connectivity index (χ2v) is 7.08. The van der Waals surface area contributed by atoms with Crippen LogP contribution in [-0.2, 0) is 6.54 Å². The number of piperidine rings is 1. The zero-order valence-electron chi connectivity index (χ0n) is 15.9. The number of hydrogen-bond donors (Lipinski definition) is 1. The van der Waals surface area contributed by atoms with E-state index >= 15 is 0 Å². The van der Waals surface area contributed by atoms with E-state index in [-0.39, 0.29) is 18.3 Å². The van der Waals surface area contributed by atoms with Gasteiger partial charge in [0, 0.05) is 24.3 Å². The summed E-state index contributed by atoms with van der Waals surface area (Å²) >= 11 is 0. The first-order valence-corrected chi connectivity index (χ1v) is 9.10. The molecule has 2 heterocycles. The molecule has 1 aromatic carbocycles. The second-order valence-electron chi connectivity index (χ2n) is 7.08. The van der Waals surface area contributed by atoms with E-state index in [9.17, 15) is 4.79 Å². The summed E-state index contributed by atoms with van der Waals surface area (Å²) in [5.41, 5.74) is 4.06. The van der Waals surface area contributed by atoms with Crippen molar-refractivity contribution in [3.8, 4) is 0 Å². The van der Waals surface area contributed by atoms with Gasteiger partial charge in [0.2, 0.25) is 0 Å². The number of likely N-dealkylation sites (tertiary alicyclic amines) is 1. The summed E-state index contributed by atoms with van der Waals surface area (Å²) in [5.74, 6) is 0.838. The van der Waals surface area contributed by atoms with Crippen molar-refractivity contribution >= 4 is 18.3 Å². The molecule has 1 aromatic heterocycles. The van der Waals surface area contributed by atoms with Gasteiger partial charge in [0.05, 0.1) is 12.2 Å². The van der Waals surface area contributed by atoms with Crippen molar-refractivity contribution in [1.29, 1.82) is 0 Å². The summed E-state index contributed by atoms with van der Waals surface area (Å²) < 4.78 is 1.99. The van der Waals surface area contributed by atoms with Crippen LogP contribution >= 0.6 is 12.4 Å². The number of carbonyl (C=O) groups excluding carboxylic acids is 1. The smallest absolute Gasteiger partial charge is 0.253 e. The Morgan fingerprint density at radius 2 is 1.96 bits per heavy atom. The number of aromatic nitrogens is 2. The molecule has 0 radical (unpaired) electrons. The predicted octanol–water partition coefficient (Wildman–Crippen LogP) is 3.04. The fourth-order valence-corrected chi connectivity index (χ4v) is 3.62. The van der Waals surface area contributed by atoms with Crippen molar-refractivity contribution in [2.75, 3.05) is 26.7 Å². The lowest BCUT2D eigenvalue weighted by Crippen LogP contribution is -2.40. The standard InChI is InChI=1S/C20H28N4O.ClH/c1-15-11-16(2)24(22-15)14-18-5-4-6-19(12-18)20(25)23-9-7-17(8-10-23)13-21-3;/h4-6,11-12,17,21H,7-10,13-14H2,1-3H3;1H. The van der Waals surface area contributed by atoms with Gasteiger partial charge in [0.25, 0.3) is 5.91 Å². The van der Waals surface area contributed by atoms with Gasteiger partial charge in [-0.1, -0.05) is 12.1 Å². The third-order valence-corrected chi connectivity index (χ3v) is 5.00. The Morgan fingerprint density at radius 3 is 2.58 bits per heavy atom. The molecule has 1 aliphatic heterocycles. The molecule has 6 heteroatoms. The third kappa shape index (κ3) is 4.86. The van der Waals surface area contributed by atoms with Crippen LogP contribution in [-0.4, -0.2) is 47.3 Å². The highest BCUT2D eigenvalue weighted by molar-refractivity contribution is 5.94. The Labute approximate surface area is 162 Å². The molecule has 26 heavy (non-hydrogen) atoms. The predicted molar refractivity (Wildman–Crippen MR) is 107 cm³/mol. The highest BCUT2D eigenvalue weighted by Crippen LogP contribution is 2.19. The van der Waals surface area contributed by atoms with E-state index in [0.717, 1.165) is 55.0 Å². The first-order chi connectivity index (χ1) is 12.1. The van der Waals surface area contributed by atoms with Gasteiger partial charge in [-0.15, -0.1) is 12.4 Å². The highest BCUT2D eigenvalue weighted by atomic mass is 35.5. The molecule has 1 amide bonds.